The topological polar surface area (TPSA) is 175 Å². The van der Waals surface area contributed by atoms with Crippen molar-refractivity contribution in [2.75, 3.05) is 17.2 Å². The van der Waals surface area contributed by atoms with Crippen LogP contribution in [0.1, 0.15) is 61.7 Å². The van der Waals surface area contributed by atoms with Gasteiger partial charge in [0.2, 0.25) is 0 Å². The van der Waals surface area contributed by atoms with Gasteiger partial charge < -0.3 is 21.3 Å². The summed E-state index contributed by atoms with van der Waals surface area (Å²) in [7, 11) is 0. The van der Waals surface area contributed by atoms with Gasteiger partial charge >= 0.3 is 12.1 Å². The maximum absolute atomic E-state index is 12.5. The lowest BCUT2D eigenvalue weighted by Gasteiger charge is -2.52. The number of hydrogen-bond acceptors (Lipinski definition) is 6. The molecule has 0 radical (unpaired) electrons. The average Bonchev–Trinajstić information content (AvgIpc) is 3.29. The largest absolute Gasteiger partial charge is 0.338 e. The minimum atomic E-state index is -0.500. The summed E-state index contributed by atoms with van der Waals surface area (Å²) < 4.78 is 0. The molecule has 5 rings (SSSR count). The van der Waals surface area contributed by atoms with Crippen LogP contribution in [0.2, 0.25) is 0 Å². The van der Waals surface area contributed by atoms with E-state index in [1.165, 1.54) is 24.3 Å². The van der Waals surface area contributed by atoms with Gasteiger partial charge in [0, 0.05) is 24.0 Å². The molecule has 3 aliphatic rings. The van der Waals surface area contributed by atoms with E-state index < -0.39 is 35.7 Å². The number of anilines is 2. The van der Waals surface area contributed by atoms with Crippen LogP contribution in [-0.4, -0.2) is 48.3 Å². The second-order valence-corrected chi connectivity index (χ2v) is 9.83. The van der Waals surface area contributed by atoms with Crippen molar-refractivity contribution in [2.45, 2.75) is 26.3 Å². The lowest BCUT2D eigenvalue weighted by atomic mass is 9.58. The first-order chi connectivity index (χ1) is 17.5. The number of rotatable bonds is 5. The third-order valence-corrected chi connectivity index (χ3v) is 7.27. The highest BCUT2D eigenvalue weighted by Gasteiger charge is 2.48. The Morgan fingerprint density at radius 2 is 1.27 bits per heavy atom. The molecular weight excluding hydrogens is 480 g/mol. The summed E-state index contributed by atoms with van der Waals surface area (Å²) in [5.74, 6) is -1.82. The highest BCUT2D eigenvalue weighted by atomic mass is 16.2. The zero-order chi connectivity index (χ0) is 26.5. The number of hydrogen-bond donors (Lipinski definition) is 6. The van der Waals surface area contributed by atoms with E-state index in [-0.39, 0.29) is 39.6 Å². The maximum Gasteiger partial charge on any atom is 0.319 e. The molecule has 8 amide bonds. The van der Waals surface area contributed by atoms with Crippen molar-refractivity contribution in [2.24, 2.45) is 11.3 Å². The summed E-state index contributed by atoms with van der Waals surface area (Å²) in [5.41, 5.74) is 1.44. The van der Waals surface area contributed by atoms with Gasteiger partial charge in [-0.3, -0.25) is 29.8 Å². The van der Waals surface area contributed by atoms with Crippen molar-refractivity contribution >= 4 is 47.1 Å². The van der Waals surface area contributed by atoms with E-state index in [1.807, 2.05) is 13.8 Å². The van der Waals surface area contributed by atoms with Crippen LogP contribution in [0.15, 0.2) is 36.4 Å². The third kappa shape index (κ3) is 4.37. The van der Waals surface area contributed by atoms with Crippen LogP contribution in [0.5, 0.6) is 0 Å². The summed E-state index contributed by atoms with van der Waals surface area (Å²) >= 11 is 0. The maximum atomic E-state index is 12.5. The van der Waals surface area contributed by atoms with E-state index in [0.717, 1.165) is 0 Å². The molecule has 1 aliphatic carbocycles. The summed E-state index contributed by atoms with van der Waals surface area (Å²) in [6.07, 6.45) is 0.642. The molecule has 12 nitrogen and oxygen atoms in total. The number of amides is 8. The van der Waals surface area contributed by atoms with E-state index in [2.05, 4.69) is 31.9 Å². The van der Waals surface area contributed by atoms with Gasteiger partial charge in [-0.25, -0.2) is 9.59 Å². The summed E-state index contributed by atoms with van der Waals surface area (Å²) in [6, 6.07) is 7.95. The van der Waals surface area contributed by atoms with Gasteiger partial charge in [-0.2, -0.15) is 0 Å². The molecule has 37 heavy (non-hydrogen) atoms. The number of carbonyl (C=O) groups is 6. The Balaban J connectivity index is 1.10. The van der Waals surface area contributed by atoms with Gasteiger partial charge in [0.15, 0.2) is 0 Å². The molecule has 0 aromatic heterocycles. The Labute approximate surface area is 210 Å². The summed E-state index contributed by atoms with van der Waals surface area (Å²) in [5, 5.41) is 15.5. The van der Waals surface area contributed by atoms with E-state index in [0.29, 0.717) is 24.3 Å². The number of benzene rings is 2. The fourth-order valence-corrected chi connectivity index (χ4v) is 4.82. The molecule has 2 aromatic rings. The average molecular weight is 505 g/mol. The molecule has 0 unspecified atom stereocenters. The van der Waals surface area contributed by atoms with Crippen LogP contribution in [-0.2, 0) is 0 Å². The molecule has 2 aliphatic heterocycles. The molecule has 6 N–H and O–H groups in total. The Kier molecular flexibility index (Phi) is 5.66. The molecular formula is C25H24N6O6. The molecule has 12 heteroatoms. The Hall–Kier alpha value is -4.74. The van der Waals surface area contributed by atoms with Gasteiger partial charge in [0.05, 0.1) is 22.3 Å². The van der Waals surface area contributed by atoms with E-state index >= 15 is 0 Å². The van der Waals surface area contributed by atoms with Gasteiger partial charge in [0.25, 0.3) is 23.6 Å². The van der Waals surface area contributed by atoms with Crippen LogP contribution in [0.4, 0.5) is 21.0 Å². The Bertz CT molecular complexity index is 1400. The predicted molar refractivity (Wildman–Crippen MR) is 131 cm³/mol. The molecule has 0 bridgehead atoms. The van der Waals surface area contributed by atoms with Gasteiger partial charge in [-0.1, -0.05) is 13.8 Å². The summed E-state index contributed by atoms with van der Waals surface area (Å²) in [6.45, 7) is 4.36. The monoisotopic (exact) mass is 504 g/mol. The normalized spacial score (nSPS) is 20.7. The van der Waals surface area contributed by atoms with E-state index in [4.69, 9.17) is 0 Å². The van der Waals surface area contributed by atoms with Gasteiger partial charge in [0.1, 0.15) is 0 Å². The van der Waals surface area contributed by atoms with E-state index in [1.54, 1.807) is 12.1 Å². The van der Waals surface area contributed by atoms with Crippen LogP contribution >= 0.6 is 0 Å². The molecule has 190 valence electrons. The third-order valence-electron chi connectivity index (χ3n) is 7.27. The SMILES string of the molecule is CC1(C)[C@@H](CNC(=O)Nc2ccc3c(c2)C(=O)NC3=O)C[C@@H]1NC(=O)Nc1ccc2c(c1)C(=O)NC2=O. The van der Waals surface area contributed by atoms with Crippen molar-refractivity contribution < 1.29 is 28.8 Å². The zero-order valence-corrected chi connectivity index (χ0v) is 20.0. The van der Waals surface area contributed by atoms with E-state index in [9.17, 15) is 28.8 Å². The van der Waals surface area contributed by atoms with Crippen molar-refractivity contribution in [1.82, 2.24) is 21.3 Å². The number of nitrogens with one attached hydrogen (secondary N) is 6. The number of urea groups is 2. The minimum Gasteiger partial charge on any atom is -0.338 e. The van der Waals surface area contributed by atoms with Crippen molar-refractivity contribution in [3.63, 3.8) is 0 Å². The van der Waals surface area contributed by atoms with Crippen LogP contribution in [0.3, 0.4) is 0 Å². The lowest BCUT2D eigenvalue weighted by molar-refractivity contribution is 0.0244. The number of fused-ring (bicyclic) bond motifs is 2. The molecule has 2 heterocycles. The zero-order valence-electron chi connectivity index (χ0n) is 20.0. The smallest absolute Gasteiger partial charge is 0.319 e. The van der Waals surface area contributed by atoms with Crippen molar-refractivity contribution in [1.29, 1.82) is 0 Å². The quantitative estimate of drug-likeness (QED) is 0.339. The fourth-order valence-electron chi connectivity index (χ4n) is 4.82. The predicted octanol–water partition coefficient (Wildman–Crippen LogP) is 1.81. The molecule has 2 atom stereocenters. The Morgan fingerprint density at radius 1 is 0.784 bits per heavy atom. The van der Waals surface area contributed by atoms with Crippen LogP contribution in [0, 0.1) is 11.3 Å². The van der Waals surface area contributed by atoms with Crippen LogP contribution in [0.25, 0.3) is 0 Å². The van der Waals surface area contributed by atoms with Gasteiger partial charge in [-0.05, 0) is 54.2 Å². The van der Waals surface area contributed by atoms with Crippen LogP contribution < -0.4 is 31.9 Å². The first kappa shape index (κ1) is 24.0. The van der Waals surface area contributed by atoms with Crippen molar-refractivity contribution in [3.05, 3.63) is 58.7 Å². The summed E-state index contributed by atoms with van der Waals surface area (Å²) in [4.78, 5) is 71.9. The fraction of sp³-hybridized carbons (Fsp3) is 0.280. The first-order valence-electron chi connectivity index (χ1n) is 11.6. The first-order valence-corrected chi connectivity index (χ1v) is 11.6. The number of carbonyl (C=O) groups excluding carboxylic acids is 6. The molecule has 0 saturated heterocycles. The highest BCUT2D eigenvalue weighted by molar-refractivity contribution is 6.22. The standard InChI is InChI=1S/C25H24N6O6/c1-25(2)11(10-26-23(36)27-12-3-5-14-16(8-12)21(34)30-19(14)32)7-18(25)29-24(37)28-13-4-6-15-17(9-13)22(35)31-20(15)33/h3-6,8-9,11,18H,7,10H2,1-2H3,(H2,26,27,36)(H2,28,29,37)(H,30,32,34)(H,31,33,35)/t11-,18+/m1/s1. The molecule has 1 fully saturated rings. The number of imide groups is 2. The molecule has 2 aromatic carbocycles. The highest BCUT2D eigenvalue weighted by Crippen LogP contribution is 2.45. The second kappa shape index (κ2) is 8.73. The van der Waals surface area contributed by atoms with Gasteiger partial charge in [-0.15, -0.1) is 0 Å². The Morgan fingerprint density at radius 3 is 1.78 bits per heavy atom. The van der Waals surface area contributed by atoms with Crippen molar-refractivity contribution in [3.8, 4) is 0 Å². The second-order valence-electron chi connectivity index (χ2n) is 9.83. The minimum absolute atomic E-state index is 0.0988. The lowest BCUT2D eigenvalue weighted by Crippen LogP contribution is -2.61. The molecule has 1 saturated carbocycles. The molecule has 0 spiro atoms.